The van der Waals surface area contributed by atoms with E-state index in [4.69, 9.17) is 0 Å². The van der Waals surface area contributed by atoms with Crippen LogP contribution in [0, 0.1) is 11.8 Å². The molecule has 0 aromatic rings. The summed E-state index contributed by atoms with van der Waals surface area (Å²) in [6.07, 6.45) is 12.2. The zero-order valence-corrected chi connectivity index (χ0v) is 11.2. The van der Waals surface area contributed by atoms with Crippen molar-refractivity contribution >= 4 is 0 Å². The van der Waals surface area contributed by atoms with Crippen LogP contribution in [-0.2, 0) is 0 Å². The molecule has 2 atom stereocenters. The van der Waals surface area contributed by atoms with Crippen LogP contribution in [0.4, 0.5) is 0 Å². The van der Waals surface area contributed by atoms with E-state index in [1.54, 1.807) is 0 Å². The summed E-state index contributed by atoms with van der Waals surface area (Å²) in [4.78, 5) is 0. The standard InChI is InChI=1S/C15H28/c1-6-8-10-15(9-7-2)14(5)12-11-13(3)4/h7,9,11,14-15H,6,8,10,12H2,1-5H3/b9-7+/t14-,15-/m0/s1. The number of hydrogen-bond acceptors (Lipinski definition) is 0. The maximum absolute atomic E-state index is 2.39. The molecule has 15 heavy (non-hydrogen) atoms. The Morgan fingerprint density at radius 1 is 1.27 bits per heavy atom. The molecule has 0 fully saturated rings. The van der Waals surface area contributed by atoms with E-state index in [2.05, 4.69) is 52.8 Å². The molecule has 0 aromatic heterocycles. The van der Waals surface area contributed by atoms with Crippen LogP contribution >= 0.6 is 0 Å². The van der Waals surface area contributed by atoms with Gasteiger partial charge in [0.05, 0.1) is 0 Å². The zero-order valence-electron chi connectivity index (χ0n) is 11.2. The first-order chi connectivity index (χ1) is 7.11. The lowest BCUT2D eigenvalue weighted by Gasteiger charge is -2.19. The molecule has 0 aliphatic heterocycles. The number of hydrogen-bond donors (Lipinski definition) is 0. The predicted octanol–water partition coefficient (Wildman–Crippen LogP) is 5.36. The molecule has 0 N–H and O–H groups in total. The van der Waals surface area contributed by atoms with Gasteiger partial charge in [-0.05, 0) is 45.4 Å². The van der Waals surface area contributed by atoms with Crippen LogP contribution in [0.2, 0.25) is 0 Å². The highest BCUT2D eigenvalue weighted by Gasteiger charge is 2.12. The van der Waals surface area contributed by atoms with E-state index in [0.29, 0.717) is 0 Å². The van der Waals surface area contributed by atoms with E-state index in [-0.39, 0.29) is 0 Å². The molecule has 88 valence electrons. The molecule has 0 spiro atoms. The van der Waals surface area contributed by atoms with Crippen molar-refractivity contribution in [1.82, 2.24) is 0 Å². The van der Waals surface area contributed by atoms with E-state index in [9.17, 15) is 0 Å². The van der Waals surface area contributed by atoms with Crippen molar-refractivity contribution in [2.75, 3.05) is 0 Å². The highest BCUT2D eigenvalue weighted by atomic mass is 14.2. The molecule has 0 rings (SSSR count). The molecule has 0 unspecified atom stereocenters. The van der Waals surface area contributed by atoms with Crippen molar-refractivity contribution in [1.29, 1.82) is 0 Å². The van der Waals surface area contributed by atoms with Gasteiger partial charge in [0.15, 0.2) is 0 Å². The van der Waals surface area contributed by atoms with Crippen molar-refractivity contribution in [3.8, 4) is 0 Å². The maximum atomic E-state index is 2.39. The van der Waals surface area contributed by atoms with Gasteiger partial charge in [0, 0.05) is 0 Å². The quantitative estimate of drug-likeness (QED) is 0.494. The fraction of sp³-hybridized carbons (Fsp3) is 0.733. The van der Waals surface area contributed by atoms with Crippen molar-refractivity contribution in [3.05, 3.63) is 23.8 Å². The molecule has 0 saturated heterocycles. The summed E-state index contributed by atoms with van der Waals surface area (Å²) in [6, 6.07) is 0. The van der Waals surface area contributed by atoms with Gasteiger partial charge in [-0.1, -0.05) is 50.5 Å². The number of allylic oxidation sites excluding steroid dienone is 4. The lowest BCUT2D eigenvalue weighted by Crippen LogP contribution is -2.08. The lowest BCUT2D eigenvalue weighted by molar-refractivity contribution is 0.396. The molecule has 0 aliphatic rings. The van der Waals surface area contributed by atoms with Gasteiger partial charge in [-0.2, -0.15) is 0 Å². The Labute approximate surface area is 96.5 Å². The Kier molecular flexibility index (Phi) is 8.46. The summed E-state index contributed by atoms with van der Waals surface area (Å²) in [6.45, 7) is 11.1. The van der Waals surface area contributed by atoms with Gasteiger partial charge in [0.2, 0.25) is 0 Å². The molecule has 0 amide bonds. The molecular weight excluding hydrogens is 180 g/mol. The lowest BCUT2D eigenvalue weighted by atomic mass is 9.86. The van der Waals surface area contributed by atoms with Crippen molar-refractivity contribution in [2.24, 2.45) is 11.8 Å². The monoisotopic (exact) mass is 208 g/mol. The first-order valence-electron chi connectivity index (χ1n) is 6.38. The summed E-state index contributed by atoms with van der Waals surface area (Å²) < 4.78 is 0. The van der Waals surface area contributed by atoms with Gasteiger partial charge in [-0.25, -0.2) is 0 Å². The Balaban J connectivity index is 4.15. The van der Waals surface area contributed by atoms with E-state index >= 15 is 0 Å². The van der Waals surface area contributed by atoms with Crippen LogP contribution in [0.3, 0.4) is 0 Å². The van der Waals surface area contributed by atoms with Gasteiger partial charge in [-0.3, -0.25) is 0 Å². The van der Waals surface area contributed by atoms with Gasteiger partial charge in [0.25, 0.3) is 0 Å². The molecule has 0 heteroatoms. The summed E-state index contributed by atoms with van der Waals surface area (Å²) in [5.41, 5.74) is 1.44. The first kappa shape index (κ1) is 14.5. The predicted molar refractivity (Wildman–Crippen MR) is 71.0 cm³/mol. The molecule has 0 aromatic carbocycles. The van der Waals surface area contributed by atoms with Crippen molar-refractivity contribution in [3.63, 3.8) is 0 Å². The second kappa shape index (κ2) is 8.76. The summed E-state index contributed by atoms with van der Waals surface area (Å²) in [7, 11) is 0. The molecular formula is C15H28. The fourth-order valence-corrected chi connectivity index (χ4v) is 1.85. The molecule has 0 heterocycles. The van der Waals surface area contributed by atoms with Gasteiger partial charge in [-0.15, -0.1) is 0 Å². The van der Waals surface area contributed by atoms with Crippen LogP contribution in [0.15, 0.2) is 23.8 Å². The first-order valence-corrected chi connectivity index (χ1v) is 6.38. The number of unbranched alkanes of at least 4 members (excludes halogenated alkanes) is 1. The van der Waals surface area contributed by atoms with Gasteiger partial charge >= 0.3 is 0 Å². The third kappa shape index (κ3) is 7.41. The SMILES string of the molecule is C/C=C/[C@@H](CCCC)[C@@H](C)CC=C(C)C. The molecule has 0 bridgehead atoms. The third-order valence-electron chi connectivity index (χ3n) is 2.96. The number of rotatable bonds is 7. The van der Waals surface area contributed by atoms with E-state index in [1.807, 2.05) is 0 Å². The van der Waals surface area contributed by atoms with Crippen molar-refractivity contribution in [2.45, 2.75) is 60.3 Å². The summed E-state index contributed by atoms with van der Waals surface area (Å²) in [5, 5.41) is 0. The van der Waals surface area contributed by atoms with E-state index in [1.165, 1.54) is 31.3 Å². The highest BCUT2D eigenvalue weighted by Crippen LogP contribution is 2.23. The van der Waals surface area contributed by atoms with Crippen LogP contribution in [0.25, 0.3) is 0 Å². The molecule has 0 saturated carbocycles. The Bertz CT molecular complexity index is 194. The van der Waals surface area contributed by atoms with Crippen LogP contribution in [0.1, 0.15) is 60.3 Å². The van der Waals surface area contributed by atoms with E-state index in [0.717, 1.165) is 11.8 Å². The van der Waals surface area contributed by atoms with Crippen LogP contribution in [0.5, 0.6) is 0 Å². The minimum Gasteiger partial charge on any atom is -0.0914 e. The topological polar surface area (TPSA) is 0 Å². The Hall–Kier alpha value is -0.520. The largest absolute Gasteiger partial charge is 0.0914 e. The second-order valence-corrected chi connectivity index (χ2v) is 4.83. The second-order valence-electron chi connectivity index (χ2n) is 4.83. The minimum atomic E-state index is 0.769. The fourth-order valence-electron chi connectivity index (χ4n) is 1.85. The molecule has 0 nitrogen and oxygen atoms in total. The molecule has 0 aliphatic carbocycles. The highest BCUT2D eigenvalue weighted by molar-refractivity contribution is 4.97. The van der Waals surface area contributed by atoms with Crippen molar-refractivity contribution < 1.29 is 0 Å². The van der Waals surface area contributed by atoms with Crippen LogP contribution in [-0.4, -0.2) is 0 Å². The normalized spacial score (nSPS) is 15.3. The van der Waals surface area contributed by atoms with Gasteiger partial charge in [0.1, 0.15) is 0 Å². The maximum Gasteiger partial charge on any atom is -0.0205 e. The molecule has 0 radical (unpaired) electrons. The third-order valence-corrected chi connectivity index (χ3v) is 2.96. The Morgan fingerprint density at radius 2 is 1.93 bits per heavy atom. The smallest absolute Gasteiger partial charge is 0.0205 e. The summed E-state index contributed by atoms with van der Waals surface area (Å²) >= 11 is 0. The average Bonchev–Trinajstić information content (AvgIpc) is 2.20. The van der Waals surface area contributed by atoms with Gasteiger partial charge < -0.3 is 0 Å². The van der Waals surface area contributed by atoms with E-state index < -0.39 is 0 Å². The zero-order chi connectivity index (χ0) is 11.7. The average molecular weight is 208 g/mol. The van der Waals surface area contributed by atoms with Crippen LogP contribution < -0.4 is 0 Å². The summed E-state index contributed by atoms with van der Waals surface area (Å²) in [5.74, 6) is 1.55. The Morgan fingerprint density at radius 3 is 2.40 bits per heavy atom. The minimum absolute atomic E-state index is 0.769.